The highest BCUT2D eigenvalue weighted by molar-refractivity contribution is 5.30. The molecule has 1 saturated heterocycles. The molecule has 0 aromatic carbocycles. The third-order valence-electron chi connectivity index (χ3n) is 2.84. The van der Waals surface area contributed by atoms with E-state index in [1.54, 1.807) is 0 Å². The van der Waals surface area contributed by atoms with Crippen molar-refractivity contribution in [1.29, 1.82) is 0 Å². The van der Waals surface area contributed by atoms with E-state index in [-0.39, 0.29) is 0 Å². The smallest absolute Gasteiger partial charge is 0.203 e. The molecule has 1 aliphatic heterocycles. The van der Waals surface area contributed by atoms with Crippen LogP contribution in [-0.4, -0.2) is 29.3 Å². The van der Waals surface area contributed by atoms with Gasteiger partial charge in [0.2, 0.25) is 5.95 Å². The molecule has 4 nitrogen and oxygen atoms in total. The molecular formula is C12H19N3O. The second kappa shape index (κ2) is 5.16. The van der Waals surface area contributed by atoms with Crippen molar-refractivity contribution >= 4 is 5.95 Å². The minimum absolute atomic E-state index is 0.516. The fraction of sp³-hybridized carbons (Fsp3) is 0.583. The molecule has 2 heterocycles. The Bertz CT molecular complexity index is 353. The molecule has 0 spiro atoms. The monoisotopic (exact) mass is 221 g/mol. The van der Waals surface area contributed by atoms with E-state index in [1.807, 2.05) is 13.0 Å². The van der Waals surface area contributed by atoms with E-state index in [9.17, 15) is 0 Å². The van der Waals surface area contributed by atoms with Crippen LogP contribution in [0.4, 0.5) is 5.95 Å². The third kappa shape index (κ3) is 2.44. The molecular weight excluding hydrogens is 202 g/mol. The van der Waals surface area contributed by atoms with Gasteiger partial charge in [0, 0.05) is 32.0 Å². The summed E-state index contributed by atoms with van der Waals surface area (Å²) in [6.07, 6.45) is 6.09. The number of hydrogen-bond acceptors (Lipinski definition) is 3. The summed E-state index contributed by atoms with van der Waals surface area (Å²) in [5.41, 5.74) is 1.05. The van der Waals surface area contributed by atoms with Crippen molar-refractivity contribution in [3.05, 3.63) is 24.5 Å². The summed E-state index contributed by atoms with van der Waals surface area (Å²) < 4.78 is 7.62. The van der Waals surface area contributed by atoms with Crippen molar-refractivity contribution in [1.82, 2.24) is 9.55 Å². The van der Waals surface area contributed by atoms with E-state index in [1.165, 1.54) is 0 Å². The van der Waals surface area contributed by atoms with Crippen molar-refractivity contribution in [3.63, 3.8) is 0 Å². The molecule has 16 heavy (non-hydrogen) atoms. The SMILES string of the molecule is C=CCNc1nc(C)cn1C1CCOCC1. The van der Waals surface area contributed by atoms with Crippen molar-refractivity contribution < 1.29 is 4.74 Å². The quantitative estimate of drug-likeness (QED) is 0.792. The van der Waals surface area contributed by atoms with Gasteiger partial charge in [0.25, 0.3) is 0 Å². The largest absolute Gasteiger partial charge is 0.381 e. The van der Waals surface area contributed by atoms with Gasteiger partial charge in [-0.25, -0.2) is 4.98 Å². The molecule has 1 fully saturated rings. The van der Waals surface area contributed by atoms with Gasteiger partial charge in [-0.2, -0.15) is 0 Å². The predicted molar refractivity (Wildman–Crippen MR) is 64.7 cm³/mol. The zero-order valence-electron chi connectivity index (χ0n) is 9.78. The molecule has 0 atom stereocenters. The van der Waals surface area contributed by atoms with Crippen LogP contribution in [0.3, 0.4) is 0 Å². The predicted octanol–water partition coefficient (Wildman–Crippen LogP) is 2.14. The number of hydrogen-bond donors (Lipinski definition) is 1. The first kappa shape index (κ1) is 11.2. The number of imidazole rings is 1. The number of rotatable bonds is 4. The van der Waals surface area contributed by atoms with E-state index in [4.69, 9.17) is 4.74 Å². The first-order valence-corrected chi connectivity index (χ1v) is 5.79. The summed E-state index contributed by atoms with van der Waals surface area (Å²) >= 11 is 0. The van der Waals surface area contributed by atoms with Crippen molar-refractivity contribution in [2.75, 3.05) is 25.1 Å². The van der Waals surface area contributed by atoms with E-state index in [0.29, 0.717) is 6.04 Å². The lowest BCUT2D eigenvalue weighted by Gasteiger charge is -2.24. The molecule has 0 saturated carbocycles. The summed E-state index contributed by atoms with van der Waals surface area (Å²) in [4.78, 5) is 4.49. The Balaban J connectivity index is 2.13. The summed E-state index contributed by atoms with van der Waals surface area (Å²) in [7, 11) is 0. The fourth-order valence-electron chi connectivity index (χ4n) is 2.05. The minimum atomic E-state index is 0.516. The van der Waals surface area contributed by atoms with Crippen LogP contribution >= 0.6 is 0 Å². The molecule has 1 aliphatic rings. The molecule has 4 heteroatoms. The van der Waals surface area contributed by atoms with Gasteiger partial charge in [-0.15, -0.1) is 6.58 Å². The number of anilines is 1. The van der Waals surface area contributed by atoms with Crippen LogP contribution in [0.2, 0.25) is 0 Å². The Hall–Kier alpha value is -1.29. The number of aryl methyl sites for hydroxylation is 1. The van der Waals surface area contributed by atoms with Crippen LogP contribution in [0.25, 0.3) is 0 Å². The first-order valence-electron chi connectivity index (χ1n) is 5.79. The summed E-state index contributed by atoms with van der Waals surface area (Å²) in [5, 5.41) is 3.27. The van der Waals surface area contributed by atoms with Crippen LogP contribution in [0.15, 0.2) is 18.9 Å². The second-order valence-electron chi connectivity index (χ2n) is 4.13. The standard InChI is InChI=1S/C12H19N3O/c1-3-6-13-12-14-10(2)9-15(12)11-4-7-16-8-5-11/h3,9,11H,1,4-8H2,2H3,(H,13,14). The Kier molecular flexibility index (Phi) is 3.62. The third-order valence-corrected chi connectivity index (χ3v) is 2.84. The number of nitrogens with zero attached hydrogens (tertiary/aromatic N) is 2. The number of nitrogens with one attached hydrogen (secondary N) is 1. The normalized spacial score (nSPS) is 17.3. The maximum absolute atomic E-state index is 5.38. The van der Waals surface area contributed by atoms with Gasteiger partial charge in [-0.3, -0.25) is 0 Å². The van der Waals surface area contributed by atoms with Crippen molar-refractivity contribution in [3.8, 4) is 0 Å². The average molecular weight is 221 g/mol. The maximum atomic E-state index is 5.38. The lowest BCUT2D eigenvalue weighted by atomic mass is 10.1. The van der Waals surface area contributed by atoms with E-state index in [0.717, 1.165) is 44.2 Å². The molecule has 0 bridgehead atoms. The van der Waals surface area contributed by atoms with Crippen LogP contribution < -0.4 is 5.32 Å². The average Bonchev–Trinajstić information content (AvgIpc) is 2.69. The highest BCUT2D eigenvalue weighted by Crippen LogP contribution is 2.25. The number of aromatic nitrogens is 2. The van der Waals surface area contributed by atoms with Gasteiger partial charge in [0.15, 0.2) is 0 Å². The van der Waals surface area contributed by atoms with Gasteiger partial charge >= 0.3 is 0 Å². The van der Waals surface area contributed by atoms with Crippen LogP contribution in [0.1, 0.15) is 24.6 Å². The van der Waals surface area contributed by atoms with Gasteiger partial charge < -0.3 is 14.6 Å². The molecule has 1 N–H and O–H groups in total. The molecule has 1 aromatic heterocycles. The first-order chi connectivity index (χ1) is 7.81. The molecule has 2 rings (SSSR count). The topological polar surface area (TPSA) is 39.1 Å². The maximum Gasteiger partial charge on any atom is 0.203 e. The Morgan fingerprint density at radius 2 is 2.38 bits per heavy atom. The lowest BCUT2D eigenvalue weighted by Crippen LogP contribution is -2.20. The van der Waals surface area contributed by atoms with Gasteiger partial charge in [0.05, 0.1) is 5.69 Å². The zero-order chi connectivity index (χ0) is 11.4. The number of ether oxygens (including phenoxy) is 1. The van der Waals surface area contributed by atoms with E-state index in [2.05, 4.69) is 27.6 Å². The highest BCUT2D eigenvalue weighted by Gasteiger charge is 2.18. The molecule has 88 valence electrons. The Morgan fingerprint density at radius 1 is 1.62 bits per heavy atom. The molecule has 1 aromatic rings. The van der Waals surface area contributed by atoms with Crippen LogP contribution in [0.5, 0.6) is 0 Å². The van der Waals surface area contributed by atoms with Gasteiger partial charge in [-0.05, 0) is 19.8 Å². The lowest BCUT2D eigenvalue weighted by molar-refractivity contribution is 0.0700. The van der Waals surface area contributed by atoms with Crippen molar-refractivity contribution in [2.45, 2.75) is 25.8 Å². The molecule has 0 aliphatic carbocycles. The molecule has 0 unspecified atom stereocenters. The molecule has 0 amide bonds. The minimum Gasteiger partial charge on any atom is -0.381 e. The summed E-state index contributed by atoms with van der Waals surface area (Å²) in [5.74, 6) is 0.948. The Morgan fingerprint density at radius 3 is 3.06 bits per heavy atom. The van der Waals surface area contributed by atoms with Gasteiger partial charge in [0.1, 0.15) is 0 Å². The summed E-state index contributed by atoms with van der Waals surface area (Å²) in [6.45, 7) is 8.18. The summed E-state index contributed by atoms with van der Waals surface area (Å²) in [6, 6.07) is 0.516. The van der Waals surface area contributed by atoms with Crippen LogP contribution in [-0.2, 0) is 4.74 Å². The highest BCUT2D eigenvalue weighted by atomic mass is 16.5. The van der Waals surface area contributed by atoms with Crippen LogP contribution in [0, 0.1) is 6.92 Å². The van der Waals surface area contributed by atoms with Gasteiger partial charge in [-0.1, -0.05) is 6.08 Å². The fourth-order valence-corrected chi connectivity index (χ4v) is 2.05. The van der Waals surface area contributed by atoms with Crippen molar-refractivity contribution in [2.24, 2.45) is 0 Å². The zero-order valence-corrected chi connectivity index (χ0v) is 9.78. The van der Waals surface area contributed by atoms with E-state index < -0.39 is 0 Å². The second-order valence-corrected chi connectivity index (χ2v) is 4.13. The van der Waals surface area contributed by atoms with E-state index >= 15 is 0 Å². The molecule has 0 radical (unpaired) electrons. The Labute approximate surface area is 96.3 Å².